The molecule has 0 bridgehead atoms. The Kier molecular flexibility index (Phi) is 1.62. The van der Waals surface area contributed by atoms with Crippen LogP contribution in [0.5, 0.6) is 0 Å². The summed E-state index contributed by atoms with van der Waals surface area (Å²) in [5.74, 6) is 0. The van der Waals surface area contributed by atoms with Crippen molar-refractivity contribution in [3.05, 3.63) is 0 Å². The van der Waals surface area contributed by atoms with E-state index in [1.807, 2.05) is 6.92 Å². The zero-order valence-corrected chi connectivity index (χ0v) is 7.52. The van der Waals surface area contributed by atoms with Crippen LogP contribution >= 0.6 is 0 Å². The number of carbonyl (C=O) groups is 1. The Morgan fingerprint density at radius 1 is 1.55 bits per heavy atom. The van der Waals surface area contributed by atoms with E-state index in [9.17, 15) is 4.79 Å². The molecule has 1 saturated heterocycles. The van der Waals surface area contributed by atoms with Gasteiger partial charge in [0, 0.05) is 0 Å². The summed E-state index contributed by atoms with van der Waals surface area (Å²) < 4.78 is 4.84. The number of nitrogens with one attached hydrogen (secondary N) is 1. The molecule has 0 saturated carbocycles. The normalized spacial score (nSPS) is 31.5. The van der Waals surface area contributed by atoms with E-state index in [2.05, 4.69) is 26.1 Å². The summed E-state index contributed by atoms with van der Waals surface area (Å²) in [5, 5.41) is 2.81. The van der Waals surface area contributed by atoms with Gasteiger partial charge in [-0.15, -0.1) is 0 Å². The van der Waals surface area contributed by atoms with E-state index in [1.54, 1.807) is 0 Å². The molecule has 1 fully saturated rings. The first-order valence-corrected chi connectivity index (χ1v) is 3.80. The predicted octanol–water partition coefficient (Wildman–Crippen LogP) is 1.53. The summed E-state index contributed by atoms with van der Waals surface area (Å²) in [4.78, 5) is 10.8. The molecule has 1 rings (SSSR count). The molecule has 1 N–H and O–H groups in total. The van der Waals surface area contributed by atoms with Gasteiger partial charge in [0.2, 0.25) is 0 Å². The van der Waals surface area contributed by atoms with E-state index in [-0.39, 0.29) is 17.0 Å². The van der Waals surface area contributed by atoms with Crippen LogP contribution in [0.4, 0.5) is 4.79 Å². The molecule has 0 aliphatic carbocycles. The maximum Gasteiger partial charge on any atom is 0.407 e. The van der Waals surface area contributed by atoms with Crippen molar-refractivity contribution >= 4 is 6.09 Å². The number of cyclic esters (lactones) is 1. The minimum Gasteiger partial charge on any atom is -0.447 e. The summed E-state index contributed by atoms with van der Waals surface area (Å²) >= 11 is 0. The standard InChI is InChI=1S/C8H15NO2/c1-7(2,3)8(4)5-11-6(10)9-8/h5H2,1-4H3,(H,9,10). The Hall–Kier alpha value is -0.730. The first-order chi connectivity index (χ1) is 4.85. The van der Waals surface area contributed by atoms with Crippen molar-refractivity contribution in [2.24, 2.45) is 5.41 Å². The second-order valence-electron chi connectivity index (χ2n) is 4.28. The SMILES string of the molecule is CC(C)(C)C1(C)COC(=O)N1. The van der Waals surface area contributed by atoms with Crippen LogP contribution in [-0.2, 0) is 4.74 Å². The maximum absolute atomic E-state index is 10.8. The lowest BCUT2D eigenvalue weighted by atomic mass is 9.76. The first-order valence-electron chi connectivity index (χ1n) is 3.80. The molecule has 0 aromatic heterocycles. The molecule has 1 atom stereocenters. The molecule has 1 amide bonds. The highest BCUT2D eigenvalue weighted by molar-refractivity contribution is 5.70. The highest BCUT2D eigenvalue weighted by Crippen LogP contribution is 2.32. The third-order valence-electron chi connectivity index (χ3n) is 2.53. The van der Waals surface area contributed by atoms with Gasteiger partial charge in [-0.25, -0.2) is 4.79 Å². The van der Waals surface area contributed by atoms with Gasteiger partial charge < -0.3 is 10.1 Å². The van der Waals surface area contributed by atoms with E-state index in [0.717, 1.165) is 0 Å². The smallest absolute Gasteiger partial charge is 0.407 e. The topological polar surface area (TPSA) is 38.3 Å². The number of hydrogen-bond donors (Lipinski definition) is 1. The summed E-state index contributed by atoms with van der Waals surface area (Å²) in [6, 6.07) is 0. The van der Waals surface area contributed by atoms with Crippen LogP contribution in [0.3, 0.4) is 0 Å². The van der Waals surface area contributed by atoms with E-state index in [0.29, 0.717) is 6.61 Å². The van der Waals surface area contributed by atoms with Gasteiger partial charge in [-0.2, -0.15) is 0 Å². The zero-order chi connectivity index (χ0) is 8.70. The molecule has 1 aliphatic heterocycles. The third kappa shape index (κ3) is 1.32. The van der Waals surface area contributed by atoms with Crippen LogP contribution in [0.2, 0.25) is 0 Å². The quantitative estimate of drug-likeness (QED) is 0.579. The fraction of sp³-hybridized carbons (Fsp3) is 0.875. The monoisotopic (exact) mass is 157 g/mol. The number of carbonyl (C=O) groups excluding carboxylic acids is 1. The van der Waals surface area contributed by atoms with Crippen molar-refractivity contribution < 1.29 is 9.53 Å². The van der Waals surface area contributed by atoms with E-state index in [1.165, 1.54) is 0 Å². The van der Waals surface area contributed by atoms with Crippen LogP contribution in [0.15, 0.2) is 0 Å². The second-order valence-corrected chi connectivity index (χ2v) is 4.28. The fourth-order valence-electron chi connectivity index (χ4n) is 0.911. The van der Waals surface area contributed by atoms with Gasteiger partial charge in [-0.05, 0) is 12.3 Å². The minimum atomic E-state index is -0.303. The highest BCUT2D eigenvalue weighted by Gasteiger charge is 2.44. The average molecular weight is 157 g/mol. The summed E-state index contributed by atoms with van der Waals surface area (Å²) in [6.45, 7) is 8.72. The molecule has 1 unspecified atom stereocenters. The van der Waals surface area contributed by atoms with Crippen LogP contribution < -0.4 is 5.32 Å². The van der Waals surface area contributed by atoms with Gasteiger partial charge in [0.25, 0.3) is 0 Å². The molecule has 0 radical (unpaired) electrons. The predicted molar refractivity (Wildman–Crippen MR) is 42.3 cm³/mol. The Morgan fingerprint density at radius 2 is 2.09 bits per heavy atom. The van der Waals surface area contributed by atoms with Gasteiger partial charge in [-0.1, -0.05) is 20.8 Å². The number of hydrogen-bond acceptors (Lipinski definition) is 2. The average Bonchev–Trinajstić information content (AvgIpc) is 2.10. The number of ether oxygens (including phenoxy) is 1. The summed E-state index contributed by atoms with van der Waals surface area (Å²) in [5.41, 5.74) is -0.177. The Bertz CT molecular complexity index is 183. The lowest BCUT2D eigenvalue weighted by Gasteiger charge is -2.35. The second kappa shape index (κ2) is 2.13. The molecular weight excluding hydrogens is 142 g/mol. The first kappa shape index (κ1) is 8.37. The highest BCUT2D eigenvalue weighted by atomic mass is 16.6. The minimum absolute atomic E-state index is 0.0408. The molecule has 0 spiro atoms. The Morgan fingerprint density at radius 3 is 2.27 bits per heavy atom. The third-order valence-corrected chi connectivity index (χ3v) is 2.53. The lowest BCUT2D eigenvalue weighted by Crippen LogP contribution is -2.51. The van der Waals surface area contributed by atoms with Crippen molar-refractivity contribution in [1.29, 1.82) is 0 Å². The molecule has 11 heavy (non-hydrogen) atoms. The van der Waals surface area contributed by atoms with Crippen molar-refractivity contribution in [2.45, 2.75) is 33.2 Å². The zero-order valence-electron chi connectivity index (χ0n) is 7.52. The van der Waals surface area contributed by atoms with E-state index < -0.39 is 0 Å². The van der Waals surface area contributed by atoms with Gasteiger partial charge in [0.05, 0.1) is 5.54 Å². The number of amides is 1. The van der Waals surface area contributed by atoms with Crippen molar-refractivity contribution in [1.82, 2.24) is 5.32 Å². The molecule has 3 heteroatoms. The van der Waals surface area contributed by atoms with Crippen molar-refractivity contribution in [3.8, 4) is 0 Å². The molecule has 0 aromatic rings. The van der Waals surface area contributed by atoms with Crippen LogP contribution in [-0.4, -0.2) is 18.2 Å². The Balaban J connectivity index is 2.77. The van der Waals surface area contributed by atoms with Crippen LogP contribution in [0.25, 0.3) is 0 Å². The lowest BCUT2D eigenvalue weighted by molar-refractivity contribution is 0.140. The van der Waals surface area contributed by atoms with Gasteiger partial charge in [0.15, 0.2) is 0 Å². The maximum atomic E-state index is 10.8. The molecule has 0 aromatic carbocycles. The van der Waals surface area contributed by atoms with Gasteiger partial charge >= 0.3 is 6.09 Å². The largest absolute Gasteiger partial charge is 0.447 e. The van der Waals surface area contributed by atoms with E-state index in [4.69, 9.17) is 4.74 Å². The van der Waals surface area contributed by atoms with Crippen LogP contribution in [0.1, 0.15) is 27.7 Å². The van der Waals surface area contributed by atoms with Crippen molar-refractivity contribution in [2.75, 3.05) is 6.61 Å². The molecule has 1 heterocycles. The van der Waals surface area contributed by atoms with Gasteiger partial charge in [0.1, 0.15) is 6.61 Å². The molecule has 3 nitrogen and oxygen atoms in total. The van der Waals surface area contributed by atoms with Gasteiger partial charge in [-0.3, -0.25) is 0 Å². The van der Waals surface area contributed by atoms with Crippen LogP contribution in [0, 0.1) is 5.41 Å². The Labute approximate surface area is 67.1 Å². The van der Waals surface area contributed by atoms with E-state index >= 15 is 0 Å². The van der Waals surface area contributed by atoms with Crippen molar-refractivity contribution in [3.63, 3.8) is 0 Å². The fourth-order valence-corrected chi connectivity index (χ4v) is 0.911. The summed E-state index contributed by atoms with van der Waals surface area (Å²) in [6.07, 6.45) is -0.303. The molecule has 1 aliphatic rings. The molecular formula is C8H15NO2. The number of alkyl carbamates (subject to hydrolysis) is 1. The summed E-state index contributed by atoms with van der Waals surface area (Å²) in [7, 11) is 0. The number of rotatable bonds is 0. The molecule has 64 valence electrons.